The van der Waals surface area contributed by atoms with Crippen molar-refractivity contribution in [2.45, 2.75) is 44.8 Å². The largest absolute Gasteiger partial charge is 0.378 e. The maximum absolute atomic E-state index is 12.3. The molecule has 1 aliphatic heterocycles. The van der Waals surface area contributed by atoms with Gasteiger partial charge in [0, 0.05) is 19.2 Å². The summed E-state index contributed by atoms with van der Waals surface area (Å²) in [5.74, 6) is 0.374. The molecule has 4 nitrogen and oxygen atoms in total. The van der Waals surface area contributed by atoms with Gasteiger partial charge in [0.05, 0.1) is 12.0 Å². The second-order valence-electron chi connectivity index (χ2n) is 4.88. The number of rotatable bonds is 5. The van der Waals surface area contributed by atoms with Crippen molar-refractivity contribution >= 4 is 5.91 Å². The first-order valence-corrected chi connectivity index (χ1v) is 6.36. The lowest BCUT2D eigenvalue weighted by atomic mass is 10.0. The molecule has 0 spiro atoms. The summed E-state index contributed by atoms with van der Waals surface area (Å²) in [5.41, 5.74) is 5.52. The molecule has 0 aromatic heterocycles. The third-order valence-electron chi connectivity index (χ3n) is 3.57. The normalized spacial score (nSPS) is 29.4. The molecular formula is C12H22N2O2. The minimum Gasteiger partial charge on any atom is -0.378 e. The number of hydrogen-bond acceptors (Lipinski definition) is 3. The molecule has 4 heteroatoms. The van der Waals surface area contributed by atoms with E-state index in [0.717, 1.165) is 38.8 Å². The Bertz CT molecular complexity index is 253. The highest BCUT2D eigenvalue weighted by Gasteiger charge is 2.39. The van der Waals surface area contributed by atoms with Crippen molar-refractivity contribution in [3.8, 4) is 0 Å². The van der Waals surface area contributed by atoms with Crippen LogP contribution in [-0.2, 0) is 9.53 Å². The number of hydrogen-bond donors (Lipinski definition) is 1. The number of nitrogens with zero attached hydrogens (tertiary/aromatic N) is 1. The number of ether oxygens (including phenoxy) is 1. The van der Waals surface area contributed by atoms with E-state index in [0.29, 0.717) is 18.5 Å². The van der Waals surface area contributed by atoms with Gasteiger partial charge in [-0.15, -0.1) is 0 Å². The van der Waals surface area contributed by atoms with E-state index in [9.17, 15) is 4.79 Å². The van der Waals surface area contributed by atoms with Crippen molar-refractivity contribution in [1.82, 2.24) is 4.90 Å². The van der Waals surface area contributed by atoms with Crippen LogP contribution in [0.3, 0.4) is 0 Å². The van der Waals surface area contributed by atoms with E-state index in [1.165, 1.54) is 0 Å². The molecule has 0 radical (unpaired) electrons. The standard InChI is InChI=1S/C12H22N2O2/c1-9-11(5-8-16-9)12(15)14(7-2-6-13)10-3-4-10/h9-11H,2-8,13H2,1H3. The monoisotopic (exact) mass is 226 g/mol. The van der Waals surface area contributed by atoms with Crippen LogP contribution in [0, 0.1) is 5.92 Å². The van der Waals surface area contributed by atoms with Gasteiger partial charge in [0.25, 0.3) is 0 Å². The van der Waals surface area contributed by atoms with Gasteiger partial charge in [-0.3, -0.25) is 4.79 Å². The number of nitrogens with two attached hydrogens (primary N) is 1. The van der Waals surface area contributed by atoms with Crippen LogP contribution in [0.15, 0.2) is 0 Å². The fourth-order valence-corrected chi connectivity index (χ4v) is 2.39. The highest BCUT2D eigenvalue weighted by Crippen LogP contribution is 2.31. The molecule has 1 heterocycles. The van der Waals surface area contributed by atoms with Crippen molar-refractivity contribution in [2.75, 3.05) is 19.7 Å². The lowest BCUT2D eigenvalue weighted by Gasteiger charge is -2.26. The molecule has 1 saturated heterocycles. The fraction of sp³-hybridized carbons (Fsp3) is 0.917. The van der Waals surface area contributed by atoms with E-state index in [2.05, 4.69) is 0 Å². The molecule has 1 amide bonds. The second kappa shape index (κ2) is 5.15. The van der Waals surface area contributed by atoms with Gasteiger partial charge in [-0.2, -0.15) is 0 Å². The Morgan fingerprint density at radius 1 is 1.44 bits per heavy atom. The highest BCUT2D eigenvalue weighted by molar-refractivity contribution is 5.80. The first-order chi connectivity index (χ1) is 7.74. The number of amides is 1. The van der Waals surface area contributed by atoms with Crippen LogP contribution in [0.25, 0.3) is 0 Å². The minimum absolute atomic E-state index is 0.0818. The van der Waals surface area contributed by atoms with Gasteiger partial charge in [0.1, 0.15) is 0 Å². The molecule has 1 aliphatic carbocycles. The van der Waals surface area contributed by atoms with E-state index >= 15 is 0 Å². The van der Waals surface area contributed by atoms with Crippen LogP contribution < -0.4 is 5.73 Å². The average Bonchev–Trinajstić information content (AvgIpc) is 3.01. The topological polar surface area (TPSA) is 55.6 Å². The first-order valence-electron chi connectivity index (χ1n) is 6.36. The molecule has 2 N–H and O–H groups in total. The summed E-state index contributed by atoms with van der Waals surface area (Å²) in [5, 5.41) is 0. The van der Waals surface area contributed by atoms with Crippen LogP contribution in [0.5, 0.6) is 0 Å². The maximum Gasteiger partial charge on any atom is 0.228 e. The van der Waals surface area contributed by atoms with Crippen molar-refractivity contribution in [1.29, 1.82) is 0 Å². The van der Waals surface area contributed by atoms with Gasteiger partial charge in [0.2, 0.25) is 5.91 Å². The molecule has 2 atom stereocenters. The van der Waals surface area contributed by atoms with E-state index in [-0.39, 0.29) is 12.0 Å². The molecule has 2 aliphatic rings. The molecule has 16 heavy (non-hydrogen) atoms. The molecule has 2 fully saturated rings. The van der Waals surface area contributed by atoms with Crippen LogP contribution in [0.2, 0.25) is 0 Å². The van der Waals surface area contributed by atoms with Gasteiger partial charge in [-0.05, 0) is 39.2 Å². The Morgan fingerprint density at radius 3 is 2.69 bits per heavy atom. The quantitative estimate of drug-likeness (QED) is 0.752. The summed E-state index contributed by atoms with van der Waals surface area (Å²) in [6, 6.07) is 0.492. The van der Waals surface area contributed by atoms with Crippen molar-refractivity contribution in [2.24, 2.45) is 11.7 Å². The van der Waals surface area contributed by atoms with Crippen LogP contribution >= 0.6 is 0 Å². The van der Waals surface area contributed by atoms with Gasteiger partial charge in [-0.1, -0.05) is 0 Å². The summed E-state index contributed by atoms with van der Waals surface area (Å²) in [7, 11) is 0. The Labute approximate surface area is 97.1 Å². The van der Waals surface area contributed by atoms with Crippen LogP contribution in [0.1, 0.15) is 32.6 Å². The summed E-state index contributed by atoms with van der Waals surface area (Å²) < 4.78 is 5.47. The van der Waals surface area contributed by atoms with Gasteiger partial charge in [0.15, 0.2) is 0 Å². The fourth-order valence-electron chi connectivity index (χ4n) is 2.39. The van der Waals surface area contributed by atoms with Gasteiger partial charge >= 0.3 is 0 Å². The van der Waals surface area contributed by atoms with Crippen molar-refractivity contribution < 1.29 is 9.53 Å². The van der Waals surface area contributed by atoms with Gasteiger partial charge in [-0.25, -0.2) is 0 Å². The van der Waals surface area contributed by atoms with Gasteiger partial charge < -0.3 is 15.4 Å². The number of carbonyl (C=O) groups is 1. The SMILES string of the molecule is CC1OCCC1C(=O)N(CCCN)C1CC1. The molecule has 1 saturated carbocycles. The molecule has 92 valence electrons. The summed E-state index contributed by atoms with van der Waals surface area (Å²) in [6.45, 7) is 4.22. The van der Waals surface area contributed by atoms with Crippen molar-refractivity contribution in [3.05, 3.63) is 0 Å². The highest BCUT2D eigenvalue weighted by atomic mass is 16.5. The lowest BCUT2D eigenvalue weighted by Crippen LogP contribution is -2.41. The Kier molecular flexibility index (Phi) is 3.82. The summed E-state index contributed by atoms with van der Waals surface area (Å²) >= 11 is 0. The zero-order valence-corrected chi connectivity index (χ0v) is 10.0. The third kappa shape index (κ3) is 2.55. The second-order valence-corrected chi connectivity index (χ2v) is 4.88. The smallest absolute Gasteiger partial charge is 0.228 e. The van der Waals surface area contributed by atoms with E-state index in [1.54, 1.807) is 0 Å². The molecule has 0 bridgehead atoms. The summed E-state index contributed by atoms with van der Waals surface area (Å²) in [4.78, 5) is 14.4. The zero-order valence-electron chi connectivity index (χ0n) is 10.0. The molecule has 0 aromatic rings. The predicted octanol–water partition coefficient (Wildman–Crippen LogP) is 0.751. The van der Waals surface area contributed by atoms with Crippen molar-refractivity contribution in [3.63, 3.8) is 0 Å². The number of carbonyl (C=O) groups excluding carboxylic acids is 1. The maximum atomic E-state index is 12.3. The van der Waals surface area contributed by atoms with E-state index in [4.69, 9.17) is 10.5 Å². The van der Waals surface area contributed by atoms with E-state index in [1.807, 2.05) is 11.8 Å². The Morgan fingerprint density at radius 2 is 2.19 bits per heavy atom. The Hall–Kier alpha value is -0.610. The first kappa shape index (κ1) is 11.9. The Balaban J connectivity index is 1.93. The van der Waals surface area contributed by atoms with E-state index < -0.39 is 0 Å². The van der Waals surface area contributed by atoms with Crippen LogP contribution in [-0.4, -0.2) is 42.6 Å². The summed E-state index contributed by atoms with van der Waals surface area (Å²) in [6.07, 6.45) is 4.21. The third-order valence-corrected chi connectivity index (χ3v) is 3.57. The average molecular weight is 226 g/mol. The molecule has 2 rings (SSSR count). The lowest BCUT2D eigenvalue weighted by molar-refractivity contribution is -0.137. The minimum atomic E-state index is 0.0818. The van der Waals surface area contributed by atoms with Crippen LogP contribution in [0.4, 0.5) is 0 Å². The predicted molar refractivity (Wildman–Crippen MR) is 61.9 cm³/mol. The molecule has 0 aromatic carbocycles. The molecule has 2 unspecified atom stereocenters. The zero-order chi connectivity index (χ0) is 11.5. The molecular weight excluding hydrogens is 204 g/mol.